The average molecular weight is 430 g/mol. The number of nitro groups is 2. The van der Waals surface area contributed by atoms with Crippen LogP contribution in [0.25, 0.3) is 0 Å². The van der Waals surface area contributed by atoms with Gasteiger partial charge in [0.2, 0.25) is 0 Å². The molecular formula is C14H12BrN3O6S. The minimum Gasteiger partial charge on any atom is -0.266 e. The third kappa shape index (κ3) is 3.77. The molecule has 2 rings (SSSR count). The van der Waals surface area contributed by atoms with Crippen molar-refractivity contribution < 1.29 is 18.3 Å². The van der Waals surface area contributed by atoms with Gasteiger partial charge in [0.15, 0.2) is 4.90 Å². The summed E-state index contributed by atoms with van der Waals surface area (Å²) in [5, 5.41) is 22.0. The minimum absolute atomic E-state index is 0.0208. The fraction of sp³-hybridized carbons (Fsp3) is 0.143. The third-order valence-corrected chi connectivity index (χ3v) is 5.75. The zero-order valence-electron chi connectivity index (χ0n) is 12.8. The van der Waals surface area contributed by atoms with E-state index in [0.717, 1.165) is 16.4 Å². The molecule has 132 valence electrons. The number of anilines is 1. The van der Waals surface area contributed by atoms with Crippen LogP contribution in [0.4, 0.5) is 17.1 Å². The monoisotopic (exact) mass is 429 g/mol. The van der Waals surface area contributed by atoms with E-state index in [0.29, 0.717) is 16.2 Å². The quantitative estimate of drug-likeness (QED) is 0.511. The molecule has 0 saturated heterocycles. The summed E-state index contributed by atoms with van der Waals surface area (Å²) in [6.45, 7) is 1.60. The summed E-state index contributed by atoms with van der Waals surface area (Å²) in [5.74, 6) is 0. The van der Waals surface area contributed by atoms with E-state index >= 15 is 0 Å². The molecule has 11 heteroatoms. The second kappa shape index (κ2) is 7.15. The molecule has 2 aromatic rings. The first-order chi connectivity index (χ1) is 11.7. The molecule has 0 radical (unpaired) electrons. The Morgan fingerprint density at radius 3 is 2.28 bits per heavy atom. The number of halogens is 1. The molecule has 2 aromatic carbocycles. The summed E-state index contributed by atoms with van der Waals surface area (Å²) >= 11 is 3.24. The van der Waals surface area contributed by atoms with Crippen LogP contribution in [0.5, 0.6) is 0 Å². The van der Waals surface area contributed by atoms with Gasteiger partial charge in [-0.1, -0.05) is 22.0 Å². The van der Waals surface area contributed by atoms with Crippen molar-refractivity contribution >= 4 is 43.0 Å². The third-order valence-electron chi connectivity index (χ3n) is 3.30. The molecule has 9 nitrogen and oxygen atoms in total. The minimum atomic E-state index is -4.29. The van der Waals surface area contributed by atoms with Crippen molar-refractivity contribution in [3.8, 4) is 0 Å². The van der Waals surface area contributed by atoms with Gasteiger partial charge in [-0.2, -0.15) is 0 Å². The maximum absolute atomic E-state index is 12.9. The molecular weight excluding hydrogens is 418 g/mol. The summed E-state index contributed by atoms with van der Waals surface area (Å²) in [4.78, 5) is 19.7. The van der Waals surface area contributed by atoms with Gasteiger partial charge < -0.3 is 0 Å². The van der Waals surface area contributed by atoms with Crippen LogP contribution in [0.2, 0.25) is 0 Å². The van der Waals surface area contributed by atoms with Crippen LogP contribution in [0.3, 0.4) is 0 Å². The van der Waals surface area contributed by atoms with Crippen molar-refractivity contribution in [2.75, 3.05) is 10.8 Å². The summed E-state index contributed by atoms with van der Waals surface area (Å²) in [6, 6.07) is 8.88. The lowest BCUT2D eigenvalue weighted by atomic mass is 10.3. The molecule has 25 heavy (non-hydrogen) atoms. The van der Waals surface area contributed by atoms with Crippen LogP contribution in [-0.2, 0) is 10.0 Å². The number of nitrogens with zero attached hydrogens (tertiary/aromatic N) is 3. The van der Waals surface area contributed by atoms with Crippen LogP contribution in [0.15, 0.2) is 51.8 Å². The van der Waals surface area contributed by atoms with Crippen molar-refractivity contribution in [1.82, 2.24) is 0 Å². The van der Waals surface area contributed by atoms with E-state index in [2.05, 4.69) is 15.9 Å². The van der Waals surface area contributed by atoms with E-state index in [1.165, 1.54) is 0 Å². The fourth-order valence-corrected chi connectivity index (χ4v) is 4.21. The van der Waals surface area contributed by atoms with E-state index in [1.54, 1.807) is 31.2 Å². The largest absolute Gasteiger partial charge is 0.296 e. The van der Waals surface area contributed by atoms with Crippen molar-refractivity contribution in [1.29, 1.82) is 0 Å². The van der Waals surface area contributed by atoms with Crippen molar-refractivity contribution in [3.63, 3.8) is 0 Å². The second-order valence-corrected chi connectivity index (χ2v) is 7.56. The average Bonchev–Trinajstić information content (AvgIpc) is 2.54. The molecule has 0 spiro atoms. The van der Waals surface area contributed by atoms with Gasteiger partial charge in [0, 0.05) is 17.1 Å². The molecule has 0 aliphatic heterocycles. The van der Waals surface area contributed by atoms with E-state index < -0.39 is 36.1 Å². The Balaban J connectivity index is 2.65. The first-order valence-corrected chi connectivity index (χ1v) is 9.13. The zero-order valence-corrected chi connectivity index (χ0v) is 15.2. The molecule has 0 bridgehead atoms. The van der Waals surface area contributed by atoms with Crippen LogP contribution < -0.4 is 4.31 Å². The van der Waals surface area contributed by atoms with Gasteiger partial charge in [-0.05, 0) is 31.2 Å². The molecule has 0 aliphatic rings. The van der Waals surface area contributed by atoms with Gasteiger partial charge in [0.05, 0.1) is 21.6 Å². The first kappa shape index (κ1) is 18.8. The lowest BCUT2D eigenvalue weighted by molar-refractivity contribution is -0.396. The van der Waals surface area contributed by atoms with E-state index in [9.17, 15) is 28.6 Å². The molecule has 0 heterocycles. The predicted octanol–water partition coefficient (Wildman–Crippen LogP) is 3.48. The number of hydrogen-bond acceptors (Lipinski definition) is 6. The molecule has 0 unspecified atom stereocenters. The van der Waals surface area contributed by atoms with Crippen molar-refractivity contribution in [3.05, 3.63) is 67.2 Å². The molecule has 0 aliphatic carbocycles. The maximum atomic E-state index is 12.9. The van der Waals surface area contributed by atoms with Gasteiger partial charge in [-0.15, -0.1) is 0 Å². The Labute approximate surface area is 151 Å². The molecule has 0 amide bonds. The number of hydrogen-bond donors (Lipinski definition) is 0. The summed E-state index contributed by atoms with van der Waals surface area (Å²) in [5.41, 5.74) is -1.09. The summed E-state index contributed by atoms with van der Waals surface area (Å²) in [6.07, 6.45) is 0. The van der Waals surface area contributed by atoms with Crippen molar-refractivity contribution in [2.45, 2.75) is 11.8 Å². The van der Waals surface area contributed by atoms with E-state index in [4.69, 9.17) is 0 Å². The van der Waals surface area contributed by atoms with Crippen molar-refractivity contribution in [2.24, 2.45) is 0 Å². The summed E-state index contributed by atoms with van der Waals surface area (Å²) in [7, 11) is -4.29. The number of non-ortho nitro benzene ring substituents is 1. The van der Waals surface area contributed by atoms with Gasteiger partial charge in [-0.25, -0.2) is 8.42 Å². The maximum Gasteiger partial charge on any atom is 0.296 e. The lowest BCUT2D eigenvalue weighted by Gasteiger charge is -2.22. The lowest BCUT2D eigenvalue weighted by Crippen LogP contribution is -2.31. The van der Waals surface area contributed by atoms with E-state index in [-0.39, 0.29) is 6.54 Å². The van der Waals surface area contributed by atoms with Crippen LogP contribution in [0.1, 0.15) is 6.92 Å². The Bertz CT molecular complexity index is 947. The van der Waals surface area contributed by atoms with Crippen LogP contribution >= 0.6 is 15.9 Å². The summed E-state index contributed by atoms with van der Waals surface area (Å²) < 4.78 is 27.5. The standard InChI is InChI=1S/C14H12BrN3O6S/c1-2-16(11-5-3-4-10(15)8-11)25(23,24)14-7-6-12(17(19)20)9-13(14)18(21)22/h3-9H,2H2,1H3. The zero-order chi connectivity index (χ0) is 18.8. The van der Waals surface area contributed by atoms with E-state index in [1.807, 2.05) is 0 Å². The SMILES string of the molecule is CCN(c1cccc(Br)c1)S(=O)(=O)c1ccc([N+](=O)[O-])cc1[N+](=O)[O-]. The molecule has 0 N–H and O–H groups in total. The van der Waals surface area contributed by atoms with Crippen LogP contribution in [0, 0.1) is 20.2 Å². The number of rotatable bonds is 6. The van der Waals surface area contributed by atoms with Gasteiger partial charge in [0.1, 0.15) is 0 Å². The van der Waals surface area contributed by atoms with Crippen LogP contribution in [-0.4, -0.2) is 24.8 Å². The fourth-order valence-electron chi connectivity index (χ4n) is 2.22. The number of sulfonamides is 1. The normalized spacial score (nSPS) is 11.1. The van der Waals surface area contributed by atoms with Gasteiger partial charge in [0.25, 0.3) is 21.4 Å². The number of nitro benzene ring substituents is 2. The smallest absolute Gasteiger partial charge is 0.266 e. The highest BCUT2D eigenvalue weighted by molar-refractivity contribution is 9.10. The Hall–Kier alpha value is -2.53. The number of benzene rings is 2. The molecule has 0 aromatic heterocycles. The first-order valence-electron chi connectivity index (χ1n) is 6.89. The Morgan fingerprint density at radius 1 is 1.08 bits per heavy atom. The topological polar surface area (TPSA) is 124 Å². The highest BCUT2D eigenvalue weighted by Crippen LogP contribution is 2.33. The van der Waals surface area contributed by atoms with Gasteiger partial charge >= 0.3 is 0 Å². The molecule has 0 atom stereocenters. The highest BCUT2D eigenvalue weighted by Gasteiger charge is 2.33. The Morgan fingerprint density at radius 2 is 1.76 bits per heavy atom. The predicted molar refractivity (Wildman–Crippen MR) is 94.1 cm³/mol. The second-order valence-electron chi connectivity index (χ2n) is 4.82. The molecule has 0 saturated carbocycles. The van der Waals surface area contributed by atoms with Gasteiger partial charge in [-0.3, -0.25) is 24.5 Å². The Kier molecular flexibility index (Phi) is 5.38. The molecule has 0 fully saturated rings. The highest BCUT2D eigenvalue weighted by atomic mass is 79.9.